The molecule has 0 spiro atoms. The number of nitrogen functional groups attached to an aromatic ring is 1. The van der Waals surface area contributed by atoms with E-state index in [1.54, 1.807) is 0 Å². The summed E-state index contributed by atoms with van der Waals surface area (Å²) in [5.41, 5.74) is 9.65. The molecule has 2 aromatic carbocycles. The minimum Gasteiger partial charge on any atom is -0.397 e. The van der Waals surface area contributed by atoms with Crippen LogP contribution in [0.3, 0.4) is 0 Å². The molecule has 4 aromatic rings. The molecule has 0 atom stereocenters. The van der Waals surface area contributed by atoms with Crippen molar-refractivity contribution in [3.63, 3.8) is 0 Å². The summed E-state index contributed by atoms with van der Waals surface area (Å²) >= 11 is 1.33. The minimum atomic E-state index is -0.171. The van der Waals surface area contributed by atoms with Crippen molar-refractivity contribution in [2.24, 2.45) is 0 Å². The number of fused-ring (bicyclic) bond motifs is 1. The summed E-state index contributed by atoms with van der Waals surface area (Å²) in [6, 6.07) is 23.6. The first-order valence-electron chi connectivity index (χ1n) is 8.29. The molecule has 2 aromatic heterocycles. The maximum absolute atomic E-state index is 12.6. The first-order chi connectivity index (χ1) is 12.7. The SMILES string of the molecule is Nc1c(C(=O)NCc2ccccc2)sc2nc(-c3ccccc3)ccc12. The number of rotatable bonds is 4. The molecule has 0 saturated carbocycles. The number of amides is 1. The molecule has 1 amide bonds. The number of carbonyl (C=O) groups is 1. The van der Waals surface area contributed by atoms with Crippen molar-refractivity contribution in [1.82, 2.24) is 10.3 Å². The predicted octanol–water partition coefficient (Wildman–Crippen LogP) is 4.48. The van der Waals surface area contributed by atoms with Gasteiger partial charge in [-0.05, 0) is 17.7 Å². The van der Waals surface area contributed by atoms with E-state index in [1.165, 1.54) is 11.3 Å². The second-order valence-corrected chi connectivity index (χ2v) is 6.93. The Morgan fingerprint density at radius 1 is 0.962 bits per heavy atom. The fourth-order valence-corrected chi connectivity index (χ4v) is 3.80. The Bertz CT molecular complexity index is 1060. The van der Waals surface area contributed by atoms with Crippen LogP contribution in [0, 0.1) is 0 Å². The van der Waals surface area contributed by atoms with Crippen molar-refractivity contribution in [3.8, 4) is 11.3 Å². The van der Waals surface area contributed by atoms with Crippen LogP contribution in [0.1, 0.15) is 15.2 Å². The van der Waals surface area contributed by atoms with Gasteiger partial charge in [-0.15, -0.1) is 11.3 Å². The topological polar surface area (TPSA) is 68.0 Å². The molecule has 0 aliphatic heterocycles. The summed E-state index contributed by atoms with van der Waals surface area (Å²) in [5, 5.41) is 3.75. The van der Waals surface area contributed by atoms with E-state index >= 15 is 0 Å². The predicted molar refractivity (Wildman–Crippen MR) is 107 cm³/mol. The lowest BCUT2D eigenvalue weighted by Gasteiger charge is -2.04. The van der Waals surface area contributed by atoms with Crippen LogP contribution >= 0.6 is 11.3 Å². The standard InChI is InChI=1S/C21H17N3OS/c22-18-16-11-12-17(15-9-5-2-6-10-15)24-21(16)26-19(18)20(25)23-13-14-7-3-1-4-8-14/h1-12H,13,22H2,(H,23,25). The normalized spacial score (nSPS) is 10.8. The summed E-state index contributed by atoms with van der Waals surface area (Å²) in [4.78, 5) is 18.5. The average Bonchev–Trinajstić information content (AvgIpc) is 3.04. The number of pyridine rings is 1. The molecule has 0 fully saturated rings. The fourth-order valence-electron chi connectivity index (χ4n) is 2.79. The molecule has 4 nitrogen and oxygen atoms in total. The van der Waals surface area contributed by atoms with Crippen molar-refractivity contribution in [3.05, 3.63) is 83.2 Å². The van der Waals surface area contributed by atoms with Crippen LogP contribution in [-0.4, -0.2) is 10.9 Å². The van der Waals surface area contributed by atoms with Crippen LogP contribution in [0.2, 0.25) is 0 Å². The third kappa shape index (κ3) is 3.17. The molecular formula is C21H17N3OS. The summed E-state index contributed by atoms with van der Waals surface area (Å²) in [7, 11) is 0. The van der Waals surface area contributed by atoms with Crippen LogP contribution in [0.4, 0.5) is 5.69 Å². The molecule has 0 saturated heterocycles. The van der Waals surface area contributed by atoms with Crippen molar-refractivity contribution < 1.29 is 4.79 Å². The maximum atomic E-state index is 12.6. The highest BCUT2D eigenvalue weighted by atomic mass is 32.1. The van der Waals surface area contributed by atoms with Crippen LogP contribution < -0.4 is 11.1 Å². The lowest BCUT2D eigenvalue weighted by Crippen LogP contribution is -2.22. The van der Waals surface area contributed by atoms with Crippen molar-refractivity contribution in [2.75, 3.05) is 5.73 Å². The van der Waals surface area contributed by atoms with Crippen molar-refractivity contribution in [2.45, 2.75) is 6.54 Å². The number of hydrogen-bond acceptors (Lipinski definition) is 4. The third-order valence-electron chi connectivity index (χ3n) is 4.17. The Balaban J connectivity index is 1.61. The Morgan fingerprint density at radius 2 is 1.65 bits per heavy atom. The van der Waals surface area contributed by atoms with Crippen LogP contribution in [0.5, 0.6) is 0 Å². The molecule has 3 N–H and O–H groups in total. The van der Waals surface area contributed by atoms with Crippen molar-refractivity contribution >= 4 is 33.1 Å². The molecule has 0 radical (unpaired) electrons. The van der Waals surface area contributed by atoms with Gasteiger partial charge < -0.3 is 11.1 Å². The lowest BCUT2D eigenvalue weighted by atomic mass is 10.1. The number of thiophene rings is 1. The van der Waals surface area contributed by atoms with Gasteiger partial charge in [0.1, 0.15) is 9.71 Å². The number of anilines is 1. The average molecular weight is 359 g/mol. The number of nitrogens with zero attached hydrogens (tertiary/aromatic N) is 1. The van der Waals surface area contributed by atoms with Gasteiger partial charge in [0.2, 0.25) is 0 Å². The third-order valence-corrected chi connectivity index (χ3v) is 5.28. The quantitative estimate of drug-likeness (QED) is 0.565. The van der Waals surface area contributed by atoms with E-state index in [9.17, 15) is 4.79 Å². The molecule has 4 rings (SSSR count). The van der Waals surface area contributed by atoms with Crippen molar-refractivity contribution in [1.29, 1.82) is 0 Å². The lowest BCUT2D eigenvalue weighted by molar-refractivity contribution is 0.0956. The van der Waals surface area contributed by atoms with E-state index in [0.29, 0.717) is 17.1 Å². The molecule has 26 heavy (non-hydrogen) atoms. The highest BCUT2D eigenvalue weighted by Gasteiger charge is 2.17. The van der Waals surface area contributed by atoms with Gasteiger partial charge in [0.15, 0.2) is 0 Å². The zero-order chi connectivity index (χ0) is 17.9. The van der Waals surface area contributed by atoms with Gasteiger partial charge in [-0.2, -0.15) is 0 Å². The van der Waals surface area contributed by atoms with Crippen LogP contribution in [0.25, 0.3) is 21.5 Å². The highest BCUT2D eigenvalue weighted by Crippen LogP contribution is 2.34. The number of hydrogen-bond donors (Lipinski definition) is 2. The second-order valence-electron chi connectivity index (χ2n) is 5.93. The highest BCUT2D eigenvalue weighted by molar-refractivity contribution is 7.21. The van der Waals surface area contributed by atoms with Gasteiger partial charge in [0.05, 0.1) is 11.4 Å². The largest absolute Gasteiger partial charge is 0.397 e. The number of carbonyl (C=O) groups excluding carboxylic acids is 1. The van der Waals surface area contributed by atoms with Gasteiger partial charge >= 0.3 is 0 Å². The zero-order valence-electron chi connectivity index (χ0n) is 14.0. The fraction of sp³-hybridized carbons (Fsp3) is 0.0476. The molecule has 0 bridgehead atoms. The van der Waals surface area contributed by atoms with Gasteiger partial charge in [-0.3, -0.25) is 4.79 Å². The van der Waals surface area contributed by atoms with Gasteiger partial charge in [-0.1, -0.05) is 60.7 Å². The number of aromatic nitrogens is 1. The van der Waals surface area contributed by atoms with E-state index in [4.69, 9.17) is 5.73 Å². The first kappa shape index (κ1) is 16.3. The second kappa shape index (κ2) is 6.98. The van der Waals surface area contributed by atoms with E-state index in [-0.39, 0.29) is 5.91 Å². The molecule has 0 unspecified atom stereocenters. The number of benzene rings is 2. The number of nitrogens with two attached hydrogens (primary N) is 1. The van der Waals surface area contributed by atoms with Gasteiger partial charge in [0, 0.05) is 17.5 Å². The smallest absolute Gasteiger partial charge is 0.263 e. The van der Waals surface area contributed by atoms with Crippen LogP contribution in [-0.2, 0) is 6.54 Å². The molecule has 0 aliphatic rings. The first-order valence-corrected chi connectivity index (χ1v) is 9.10. The Labute approximate surface area is 155 Å². The Hall–Kier alpha value is -3.18. The molecule has 2 heterocycles. The molecule has 128 valence electrons. The van der Waals surface area contributed by atoms with E-state index in [0.717, 1.165) is 27.0 Å². The van der Waals surface area contributed by atoms with E-state index in [1.807, 2.05) is 72.8 Å². The minimum absolute atomic E-state index is 0.171. The molecule has 0 aliphatic carbocycles. The molecule has 5 heteroatoms. The Kier molecular flexibility index (Phi) is 4.37. The van der Waals surface area contributed by atoms with E-state index in [2.05, 4.69) is 10.3 Å². The monoisotopic (exact) mass is 359 g/mol. The van der Waals surface area contributed by atoms with Gasteiger partial charge in [0.25, 0.3) is 5.91 Å². The van der Waals surface area contributed by atoms with Gasteiger partial charge in [-0.25, -0.2) is 4.98 Å². The summed E-state index contributed by atoms with van der Waals surface area (Å²) < 4.78 is 0. The summed E-state index contributed by atoms with van der Waals surface area (Å²) in [6.07, 6.45) is 0. The van der Waals surface area contributed by atoms with E-state index < -0.39 is 0 Å². The number of nitrogens with one attached hydrogen (secondary N) is 1. The van der Waals surface area contributed by atoms with Crippen LogP contribution in [0.15, 0.2) is 72.8 Å². The Morgan fingerprint density at radius 3 is 2.38 bits per heavy atom. The zero-order valence-corrected chi connectivity index (χ0v) is 14.8. The summed E-state index contributed by atoms with van der Waals surface area (Å²) in [5.74, 6) is -0.171. The summed E-state index contributed by atoms with van der Waals surface area (Å²) in [6.45, 7) is 0.468. The molecular weight excluding hydrogens is 342 g/mol. The maximum Gasteiger partial charge on any atom is 0.263 e.